The molecule has 1 N–H and O–H groups in total. The Kier molecular flexibility index (Phi) is 3.27. The van der Waals surface area contributed by atoms with E-state index in [1.807, 2.05) is 19.1 Å². The molecule has 0 aromatic carbocycles. The Balaban J connectivity index is 1.38. The topological polar surface area (TPSA) is 95.9 Å². The summed E-state index contributed by atoms with van der Waals surface area (Å²) >= 11 is 0. The van der Waals surface area contributed by atoms with Crippen molar-refractivity contribution < 1.29 is 19.4 Å². The number of aromatic nitrogens is 2. The molecule has 0 radical (unpaired) electrons. The molecular formula is C18H20N4O4. The number of carbonyl (C=O) groups is 2. The highest BCUT2D eigenvalue weighted by Crippen LogP contribution is 2.52. The molecule has 8 heteroatoms. The second kappa shape index (κ2) is 5.34. The lowest BCUT2D eigenvalue weighted by atomic mass is 9.76. The molecule has 4 unspecified atom stereocenters. The van der Waals surface area contributed by atoms with Gasteiger partial charge in [-0.15, -0.1) is 0 Å². The van der Waals surface area contributed by atoms with Gasteiger partial charge in [-0.2, -0.15) is 0 Å². The fourth-order valence-electron chi connectivity index (χ4n) is 4.54. The van der Waals surface area contributed by atoms with Crippen LogP contribution in [-0.2, 0) is 20.9 Å². The average molecular weight is 356 g/mol. The van der Waals surface area contributed by atoms with Crippen molar-refractivity contribution in [1.82, 2.24) is 19.8 Å². The van der Waals surface area contributed by atoms with Crippen LogP contribution < -0.4 is 0 Å². The Hall–Kier alpha value is -2.32. The molecular weight excluding hydrogens is 336 g/mol. The molecule has 2 amide bonds. The first-order valence-electron chi connectivity index (χ1n) is 8.87. The van der Waals surface area contributed by atoms with E-state index in [1.165, 1.54) is 0 Å². The first-order valence-corrected chi connectivity index (χ1v) is 8.87. The van der Waals surface area contributed by atoms with Gasteiger partial charge in [0.25, 0.3) is 0 Å². The summed E-state index contributed by atoms with van der Waals surface area (Å²) in [4.78, 5) is 37.8. The molecule has 3 fully saturated rings. The predicted octanol–water partition coefficient (Wildman–Crippen LogP) is -0.730. The largest absolute Gasteiger partial charge is 0.389 e. The Morgan fingerprint density at radius 3 is 2.88 bits per heavy atom. The number of β-amino-alcohol motifs (C(OH)–C–C–N with tert-alkyl or cyclic N) is 1. The van der Waals surface area contributed by atoms with Crippen molar-refractivity contribution in [2.45, 2.75) is 31.3 Å². The van der Waals surface area contributed by atoms with Gasteiger partial charge in [0, 0.05) is 19.3 Å². The summed E-state index contributed by atoms with van der Waals surface area (Å²) in [7, 11) is 0. The summed E-state index contributed by atoms with van der Waals surface area (Å²) in [6, 6.07) is 0. The molecule has 0 aliphatic carbocycles. The predicted molar refractivity (Wildman–Crippen MR) is 88.5 cm³/mol. The lowest BCUT2D eigenvalue weighted by Gasteiger charge is -2.39. The number of aryl methyl sites for hydroxylation is 1. The molecule has 1 aromatic heterocycles. The molecule has 3 saturated heterocycles. The van der Waals surface area contributed by atoms with Crippen molar-refractivity contribution in [2.75, 3.05) is 19.6 Å². The monoisotopic (exact) mass is 356 g/mol. The number of hydrogen-bond donors (Lipinski definition) is 1. The number of rotatable bonds is 3. The van der Waals surface area contributed by atoms with E-state index in [-0.39, 0.29) is 17.9 Å². The molecule has 2 bridgehead atoms. The van der Waals surface area contributed by atoms with Crippen molar-refractivity contribution in [3.8, 4) is 0 Å². The zero-order valence-electron chi connectivity index (χ0n) is 14.4. The van der Waals surface area contributed by atoms with E-state index < -0.39 is 23.5 Å². The van der Waals surface area contributed by atoms with Crippen LogP contribution in [0.5, 0.6) is 0 Å². The minimum atomic E-state index is -0.719. The summed E-state index contributed by atoms with van der Waals surface area (Å²) in [6.45, 7) is 3.31. The van der Waals surface area contributed by atoms with Crippen LogP contribution in [0, 0.1) is 18.8 Å². The smallest absolute Gasteiger partial charge is 0.230 e. The Morgan fingerprint density at radius 1 is 1.38 bits per heavy atom. The molecule has 5 rings (SSSR count). The Bertz CT molecular complexity index is 804. The van der Waals surface area contributed by atoms with Crippen LogP contribution in [0.15, 0.2) is 24.5 Å². The number of amides is 2. The van der Waals surface area contributed by atoms with Crippen LogP contribution in [0.4, 0.5) is 0 Å². The number of hydrogen-bond acceptors (Lipinski definition) is 6. The van der Waals surface area contributed by atoms with Crippen LogP contribution in [0.3, 0.4) is 0 Å². The van der Waals surface area contributed by atoms with Gasteiger partial charge in [-0.1, -0.05) is 12.2 Å². The zero-order chi connectivity index (χ0) is 18.1. The van der Waals surface area contributed by atoms with Crippen LogP contribution in [0.25, 0.3) is 0 Å². The summed E-state index contributed by atoms with van der Waals surface area (Å²) in [6.07, 6.45) is 6.38. The van der Waals surface area contributed by atoms with Crippen LogP contribution in [-0.4, -0.2) is 74.1 Å². The highest BCUT2D eigenvalue weighted by molar-refractivity contribution is 5.93. The highest BCUT2D eigenvalue weighted by atomic mass is 16.5. The van der Waals surface area contributed by atoms with E-state index in [2.05, 4.69) is 9.97 Å². The molecule has 1 spiro atoms. The van der Waals surface area contributed by atoms with Gasteiger partial charge >= 0.3 is 0 Å². The molecule has 4 aliphatic rings. The minimum Gasteiger partial charge on any atom is -0.389 e. The number of ether oxygens (including phenoxy) is 1. The van der Waals surface area contributed by atoms with Gasteiger partial charge in [0.15, 0.2) is 0 Å². The van der Waals surface area contributed by atoms with Gasteiger partial charge in [-0.05, 0) is 6.92 Å². The fraction of sp³-hybridized carbons (Fsp3) is 0.556. The van der Waals surface area contributed by atoms with Gasteiger partial charge in [-0.3, -0.25) is 19.6 Å². The maximum Gasteiger partial charge on any atom is 0.230 e. The molecule has 136 valence electrons. The van der Waals surface area contributed by atoms with Crippen molar-refractivity contribution in [3.63, 3.8) is 0 Å². The zero-order valence-corrected chi connectivity index (χ0v) is 14.4. The Labute approximate surface area is 150 Å². The SMILES string of the molecule is Cc1cnc(CN2CC34C=CC(O3)C(C(=O)N3CC(O)C3)C4C2=O)cn1. The van der Waals surface area contributed by atoms with Crippen molar-refractivity contribution in [2.24, 2.45) is 11.8 Å². The summed E-state index contributed by atoms with van der Waals surface area (Å²) < 4.78 is 6.10. The number of carbonyl (C=O) groups excluding carboxylic acids is 2. The van der Waals surface area contributed by atoms with Gasteiger partial charge in [0.1, 0.15) is 5.60 Å². The maximum absolute atomic E-state index is 13.1. The highest BCUT2D eigenvalue weighted by Gasteiger charge is 2.67. The van der Waals surface area contributed by atoms with E-state index in [1.54, 1.807) is 22.2 Å². The third-order valence-electron chi connectivity index (χ3n) is 5.83. The molecule has 4 atom stereocenters. The second-order valence-corrected chi connectivity index (χ2v) is 7.64. The average Bonchev–Trinajstić information content (AvgIpc) is 3.22. The van der Waals surface area contributed by atoms with Crippen LogP contribution in [0.2, 0.25) is 0 Å². The third-order valence-corrected chi connectivity index (χ3v) is 5.83. The van der Waals surface area contributed by atoms with E-state index in [4.69, 9.17) is 4.74 Å². The lowest BCUT2D eigenvalue weighted by Crippen LogP contribution is -2.57. The van der Waals surface area contributed by atoms with Gasteiger partial charge in [-0.25, -0.2) is 0 Å². The van der Waals surface area contributed by atoms with Crippen molar-refractivity contribution in [1.29, 1.82) is 0 Å². The molecule has 5 heterocycles. The minimum absolute atomic E-state index is 0.0707. The standard InChI is InChI=1S/C18H20N4O4/c1-10-4-20-11(5-19-10)6-22-9-18-3-2-13(26-18)14(15(18)17(22)25)16(24)21-7-12(23)8-21/h2-5,12-15,23H,6-9H2,1H3. The number of aliphatic hydroxyl groups is 1. The number of likely N-dealkylation sites (tertiary alicyclic amines) is 2. The quantitative estimate of drug-likeness (QED) is 0.718. The molecule has 8 nitrogen and oxygen atoms in total. The third kappa shape index (κ3) is 2.15. The summed E-state index contributed by atoms with van der Waals surface area (Å²) in [5, 5.41) is 9.48. The van der Waals surface area contributed by atoms with Crippen LogP contribution in [0.1, 0.15) is 11.4 Å². The first-order chi connectivity index (χ1) is 12.5. The number of fused-ring (bicyclic) bond motifs is 1. The Morgan fingerprint density at radius 2 is 2.19 bits per heavy atom. The fourth-order valence-corrected chi connectivity index (χ4v) is 4.54. The van der Waals surface area contributed by atoms with Crippen molar-refractivity contribution in [3.05, 3.63) is 35.9 Å². The molecule has 4 aliphatic heterocycles. The van der Waals surface area contributed by atoms with Crippen molar-refractivity contribution >= 4 is 11.8 Å². The first kappa shape index (κ1) is 15.9. The van der Waals surface area contributed by atoms with E-state index in [0.29, 0.717) is 31.9 Å². The molecule has 26 heavy (non-hydrogen) atoms. The lowest BCUT2D eigenvalue weighted by molar-refractivity contribution is -0.151. The van der Waals surface area contributed by atoms with E-state index in [9.17, 15) is 14.7 Å². The maximum atomic E-state index is 13.1. The molecule has 1 aromatic rings. The number of nitrogens with zero attached hydrogens (tertiary/aromatic N) is 4. The van der Waals surface area contributed by atoms with Gasteiger partial charge in [0.2, 0.25) is 11.8 Å². The summed E-state index contributed by atoms with van der Waals surface area (Å²) in [5.74, 6) is -1.17. The van der Waals surface area contributed by atoms with Gasteiger partial charge < -0.3 is 19.6 Å². The second-order valence-electron chi connectivity index (χ2n) is 7.64. The summed E-state index contributed by atoms with van der Waals surface area (Å²) in [5.41, 5.74) is 0.820. The number of aliphatic hydroxyl groups excluding tert-OH is 1. The van der Waals surface area contributed by atoms with E-state index in [0.717, 1.165) is 5.69 Å². The van der Waals surface area contributed by atoms with E-state index >= 15 is 0 Å². The molecule has 0 saturated carbocycles. The van der Waals surface area contributed by atoms with Gasteiger partial charge in [0.05, 0.1) is 54.7 Å². The van der Waals surface area contributed by atoms with Crippen LogP contribution >= 0.6 is 0 Å². The normalized spacial score (nSPS) is 35.2.